The van der Waals surface area contributed by atoms with Crippen molar-refractivity contribution in [3.8, 4) is 0 Å². The lowest BCUT2D eigenvalue weighted by atomic mass is 9.69. The lowest BCUT2D eigenvalue weighted by molar-refractivity contribution is 0.170. The molecule has 0 saturated heterocycles. The van der Waals surface area contributed by atoms with E-state index in [-0.39, 0.29) is 0 Å². The molecule has 0 unspecified atom stereocenters. The molecule has 1 aliphatic rings. The Hall–Kier alpha value is -0.300. The number of hydrogen-bond acceptors (Lipinski definition) is 1. The van der Waals surface area contributed by atoms with Gasteiger partial charge in [-0.1, -0.05) is 41.5 Å². The highest BCUT2D eigenvalue weighted by atomic mass is 32.1. The van der Waals surface area contributed by atoms with Gasteiger partial charge in [-0.3, -0.25) is 0 Å². The van der Waals surface area contributed by atoms with Gasteiger partial charge in [0.25, 0.3) is 0 Å². The van der Waals surface area contributed by atoms with Crippen LogP contribution in [0.15, 0.2) is 12.1 Å². The van der Waals surface area contributed by atoms with Crippen LogP contribution in [0.25, 0.3) is 0 Å². The SMILES string of the molecule is CC(C)(C)c1ccc([C@H]2CC[C@H](C(C)(C)C)CC2)s1. The third-order valence-corrected chi connectivity index (χ3v) is 6.39. The molecule has 1 aromatic rings. The Morgan fingerprint density at radius 1 is 0.895 bits per heavy atom. The highest BCUT2D eigenvalue weighted by Gasteiger charge is 2.31. The Morgan fingerprint density at radius 2 is 1.47 bits per heavy atom. The quantitative estimate of drug-likeness (QED) is 0.560. The van der Waals surface area contributed by atoms with E-state index in [2.05, 4.69) is 65.0 Å². The van der Waals surface area contributed by atoms with Crippen LogP contribution in [0.3, 0.4) is 0 Å². The molecule has 0 radical (unpaired) electrons. The Bertz CT molecular complexity index is 406. The van der Waals surface area contributed by atoms with Crippen molar-refractivity contribution in [1.82, 2.24) is 0 Å². The maximum absolute atomic E-state index is 2.40. The molecule has 1 fully saturated rings. The smallest absolute Gasteiger partial charge is 0.0102 e. The summed E-state index contributed by atoms with van der Waals surface area (Å²) in [6.45, 7) is 14.2. The van der Waals surface area contributed by atoms with Gasteiger partial charge in [-0.25, -0.2) is 0 Å². The first kappa shape index (κ1) is 15.1. The van der Waals surface area contributed by atoms with E-state index in [1.165, 1.54) is 25.7 Å². The van der Waals surface area contributed by atoms with Crippen LogP contribution >= 0.6 is 11.3 Å². The van der Waals surface area contributed by atoms with Crippen LogP contribution in [0, 0.1) is 11.3 Å². The van der Waals surface area contributed by atoms with Crippen molar-refractivity contribution in [3.05, 3.63) is 21.9 Å². The first-order chi connectivity index (χ1) is 8.68. The minimum Gasteiger partial charge on any atom is -0.145 e. The average molecular weight is 279 g/mol. The van der Waals surface area contributed by atoms with E-state index < -0.39 is 0 Å². The first-order valence-corrected chi connectivity index (χ1v) is 8.60. The van der Waals surface area contributed by atoms with Crippen molar-refractivity contribution in [2.75, 3.05) is 0 Å². The Kier molecular flexibility index (Phi) is 4.16. The molecule has 2 rings (SSSR count). The Morgan fingerprint density at radius 3 is 1.89 bits per heavy atom. The zero-order chi connectivity index (χ0) is 14.3. The number of rotatable bonds is 1. The third kappa shape index (κ3) is 3.62. The molecule has 108 valence electrons. The van der Waals surface area contributed by atoms with Crippen molar-refractivity contribution < 1.29 is 0 Å². The summed E-state index contributed by atoms with van der Waals surface area (Å²) in [4.78, 5) is 3.18. The van der Waals surface area contributed by atoms with Crippen LogP contribution in [-0.2, 0) is 5.41 Å². The van der Waals surface area contributed by atoms with Gasteiger partial charge in [0.05, 0.1) is 0 Å². The van der Waals surface area contributed by atoms with Gasteiger partial charge in [-0.2, -0.15) is 0 Å². The highest BCUT2D eigenvalue weighted by Crippen LogP contribution is 2.45. The Labute approximate surface area is 123 Å². The molecule has 19 heavy (non-hydrogen) atoms. The summed E-state index contributed by atoms with van der Waals surface area (Å²) in [5.41, 5.74) is 0.808. The standard InChI is InChI=1S/C18H30S/c1-17(2,3)14-9-7-13(8-10-14)15-11-12-16(19-15)18(4,5)6/h11-14H,7-10H2,1-6H3/t13-,14-. The average Bonchev–Trinajstić information content (AvgIpc) is 2.77. The van der Waals surface area contributed by atoms with E-state index in [1.807, 2.05) is 0 Å². The monoisotopic (exact) mass is 278 g/mol. The fraction of sp³-hybridized carbons (Fsp3) is 0.778. The predicted molar refractivity (Wildman–Crippen MR) is 87.2 cm³/mol. The summed E-state index contributed by atoms with van der Waals surface area (Å²) in [6, 6.07) is 4.75. The zero-order valence-electron chi connectivity index (χ0n) is 13.5. The van der Waals surface area contributed by atoms with Gasteiger partial charge < -0.3 is 0 Å². The van der Waals surface area contributed by atoms with Gasteiger partial charge in [0.1, 0.15) is 0 Å². The van der Waals surface area contributed by atoms with Gasteiger partial charge in [0.15, 0.2) is 0 Å². The maximum Gasteiger partial charge on any atom is 0.0102 e. The summed E-state index contributed by atoms with van der Waals surface area (Å²) >= 11 is 2.06. The summed E-state index contributed by atoms with van der Waals surface area (Å²) in [5, 5.41) is 0. The van der Waals surface area contributed by atoms with Crippen molar-refractivity contribution in [3.63, 3.8) is 0 Å². The van der Waals surface area contributed by atoms with Gasteiger partial charge in [-0.05, 0) is 60.5 Å². The molecule has 0 aliphatic heterocycles. The van der Waals surface area contributed by atoms with Crippen molar-refractivity contribution >= 4 is 11.3 Å². The number of hydrogen-bond donors (Lipinski definition) is 0. The molecular formula is C18H30S. The largest absolute Gasteiger partial charge is 0.145 e. The molecule has 0 aromatic carbocycles. The van der Waals surface area contributed by atoms with E-state index in [1.54, 1.807) is 9.75 Å². The van der Waals surface area contributed by atoms with E-state index in [0.717, 1.165) is 11.8 Å². The normalized spacial score (nSPS) is 25.6. The summed E-state index contributed by atoms with van der Waals surface area (Å²) in [6.07, 6.45) is 5.62. The van der Waals surface area contributed by atoms with Crippen molar-refractivity contribution in [2.45, 2.75) is 78.6 Å². The minimum atomic E-state index is 0.311. The molecule has 1 aliphatic carbocycles. The molecule has 0 N–H and O–H groups in total. The van der Waals surface area contributed by atoms with Crippen molar-refractivity contribution in [1.29, 1.82) is 0 Å². The van der Waals surface area contributed by atoms with Crippen LogP contribution in [0.2, 0.25) is 0 Å². The summed E-state index contributed by atoms with van der Waals surface area (Å²) < 4.78 is 0. The van der Waals surface area contributed by atoms with E-state index in [4.69, 9.17) is 0 Å². The van der Waals surface area contributed by atoms with Crippen molar-refractivity contribution in [2.24, 2.45) is 11.3 Å². The van der Waals surface area contributed by atoms with Gasteiger partial charge >= 0.3 is 0 Å². The Balaban J connectivity index is 2.00. The zero-order valence-corrected chi connectivity index (χ0v) is 14.4. The maximum atomic E-state index is 2.40. The molecule has 0 bridgehead atoms. The molecular weight excluding hydrogens is 248 g/mol. The van der Waals surface area contributed by atoms with Crippen LogP contribution in [0.1, 0.15) is 82.9 Å². The van der Waals surface area contributed by atoms with E-state index in [9.17, 15) is 0 Å². The number of thiophene rings is 1. The fourth-order valence-corrected chi connectivity index (χ4v) is 4.45. The first-order valence-electron chi connectivity index (χ1n) is 7.78. The van der Waals surface area contributed by atoms with E-state index >= 15 is 0 Å². The van der Waals surface area contributed by atoms with E-state index in [0.29, 0.717) is 10.8 Å². The third-order valence-electron chi connectivity index (χ3n) is 4.72. The van der Waals surface area contributed by atoms with Crippen LogP contribution in [0.4, 0.5) is 0 Å². The van der Waals surface area contributed by atoms with Crippen LogP contribution < -0.4 is 0 Å². The van der Waals surface area contributed by atoms with Crippen LogP contribution in [-0.4, -0.2) is 0 Å². The lowest BCUT2D eigenvalue weighted by Crippen LogP contribution is -2.25. The second-order valence-electron chi connectivity index (χ2n) is 8.37. The summed E-state index contributed by atoms with van der Waals surface area (Å²) in [7, 11) is 0. The lowest BCUT2D eigenvalue weighted by Gasteiger charge is -2.36. The minimum absolute atomic E-state index is 0.311. The van der Waals surface area contributed by atoms with Gasteiger partial charge in [0.2, 0.25) is 0 Å². The van der Waals surface area contributed by atoms with Gasteiger partial charge in [0, 0.05) is 9.75 Å². The fourth-order valence-electron chi connectivity index (χ4n) is 3.22. The molecule has 1 heteroatoms. The molecule has 0 amide bonds. The second-order valence-corrected chi connectivity index (χ2v) is 9.48. The molecule has 1 aromatic heterocycles. The predicted octanol–water partition coefficient (Wildman–Crippen LogP) is 6.37. The molecule has 1 heterocycles. The molecule has 0 nitrogen and oxygen atoms in total. The molecule has 1 saturated carbocycles. The second kappa shape index (κ2) is 5.24. The van der Waals surface area contributed by atoms with Gasteiger partial charge in [-0.15, -0.1) is 11.3 Å². The topological polar surface area (TPSA) is 0 Å². The van der Waals surface area contributed by atoms with Crippen LogP contribution in [0.5, 0.6) is 0 Å². The highest BCUT2D eigenvalue weighted by molar-refractivity contribution is 7.12. The summed E-state index contributed by atoms with van der Waals surface area (Å²) in [5.74, 6) is 1.76. The molecule has 0 spiro atoms. The molecule has 0 atom stereocenters.